The minimum absolute atomic E-state index is 0.153. The number of nitriles is 1. The largest absolute Gasteiger partial charge is 0.387 e. The van der Waals surface area contributed by atoms with Crippen molar-refractivity contribution in [1.29, 1.82) is 5.26 Å². The maximum atomic E-state index is 13.5. The number of aliphatic hydroxyl groups excluding tert-OH is 1. The molecule has 86 valence electrons. The highest BCUT2D eigenvalue weighted by Gasteiger charge is 2.34. The van der Waals surface area contributed by atoms with Gasteiger partial charge in [0.1, 0.15) is 11.9 Å². The molecule has 2 nitrogen and oxygen atoms in total. The van der Waals surface area contributed by atoms with E-state index in [1.54, 1.807) is 19.9 Å². The predicted octanol–water partition coefficient (Wildman–Crippen LogP) is 3.56. The van der Waals surface area contributed by atoms with Crippen LogP contribution in [0.15, 0.2) is 22.7 Å². The first-order valence-electron chi connectivity index (χ1n) is 4.99. The van der Waals surface area contributed by atoms with Crippen LogP contribution in [0.25, 0.3) is 0 Å². The van der Waals surface area contributed by atoms with Gasteiger partial charge in [0.15, 0.2) is 0 Å². The monoisotopic (exact) mass is 285 g/mol. The summed E-state index contributed by atoms with van der Waals surface area (Å²) in [6.45, 7) is 3.42. The molecule has 0 saturated carbocycles. The zero-order valence-corrected chi connectivity index (χ0v) is 10.8. The van der Waals surface area contributed by atoms with Gasteiger partial charge in [-0.25, -0.2) is 4.39 Å². The summed E-state index contributed by atoms with van der Waals surface area (Å²) < 4.78 is 14.2. The lowest BCUT2D eigenvalue weighted by Gasteiger charge is -2.26. The van der Waals surface area contributed by atoms with Crippen molar-refractivity contribution in [1.82, 2.24) is 0 Å². The molecule has 2 atom stereocenters. The van der Waals surface area contributed by atoms with E-state index in [1.165, 1.54) is 12.1 Å². The van der Waals surface area contributed by atoms with Crippen molar-refractivity contribution in [3.8, 4) is 6.07 Å². The van der Waals surface area contributed by atoms with Crippen LogP contribution in [0.4, 0.5) is 4.39 Å². The average Bonchev–Trinajstić information content (AvgIpc) is 2.30. The van der Waals surface area contributed by atoms with Crippen molar-refractivity contribution in [3.63, 3.8) is 0 Å². The predicted molar refractivity (Wildman–Crippen MR) is 63.1 cm³/mol. The minimum Gasteiger partial charge on any atom is -0.387 e. The lowest BCUT2D eigenvalue weighted by Crippen LogP contribution is -2.23. The van der Waals surface area contributed by atoms with Gasteiger partial charge in [-0.3, -0.25) is 0 Å². The first-order chi connectivity index (χ1) is 7.44. The fraction of sp³-hybridized carbons (Fsp3) is 0.417. The lowest BCUT2D eigenvalue weighted by molar-refractivity contribution is 0.0689. The quantitative estimate of drug-likeness (QED) is 0.923. The number of hydrogen-bond donors (Lipinski definition) is 1. The van der Waals surface area contributed by atoms with Gasteiger partial charge in [0.25, 0.3) is 0 Å². The number of hydrogen-bond acceptors (Lipinski definition) is 2. The zero-order valence-electron chi connectivity index (χ0n) is 9.17. The summed E-state index contributed by atoms with van der Waals surface area (Å²) in [5, 5.41) is 19.1. The second-order valence-electron chi connectivity index (χ2n) is 3.95. The molecule has 0 amide bonds. The van der Waals surface area contributed by atoms with E-state index in [2.05, 4.69) is 15.9 Å². The van der Waals surface area contributed by atoms with E-state index < -0.39 is 17.3 Å². The smallest absolute Gasteiger partial charge is 0.129 e. The molecular weight excluding hydrogens is 273 g/mol. The first-order valence-corrected chi connectivity index (χ1v) is 5.78. The van der Waals surface area contributed by atoms with Gasteiger partial charge >= 0.3 is 0 Å². The Bertz CT molecular complexity index is 430. The van der Waals surface area contributed by atoms with Crippen molar-refractivity contribution in [2.75, 3.05) is 0 Å². The van der Waals surface area contributed by atoms with E-state index in [9.17, 15) is 9.50 Å². The number of benzene rings is 1. The Morgan fingerprint density at radius 1 is 1.62 bits per heavy atom. The van der Waals surface area contributed by atoms with Crippen LogP contribution in [0.3, 0.4) is 0 Å². The van der Waals surface area contributed by atoms with Crippen molar-refractivity contribution >= 4 is 15.9 Å². The standard InChI is InChI=1S/C12H13BrFNO/c1-3-12(2,7-15)11(16)9-6-8(13)4-5-10(9)14/h4-6,11,16H,3H2,1-2H3. The highest BCUT2D eigenvalue weighted by molar-refractivity contribution is 9.10. The Hall–Kier alpha value is -0.920. The van der Waals surface area contributed by atoms with Gasteiger partial charge in [0.05, 0.1) is 11.5 Å². The number of rotatable bonds is 3. The lowest BCUT2D eigenvalue weighted by atomic mass is 9.80. The van der Waals surface area contributed by atoms with Crippen molar-refractivity contribution in [3.05, 3.63) is 34.1 Å². The second-order valence-corrected chi connectivity index (χ2v) is 4.87. The van der Waals surface area contributed by atoms with Crippen LogP contribution < -0.4 is 0 Å². The summed E-state index contributed by atoms with van der Waals surface area (Å²) in [6, 6.07) is 6.38. The molecule has 4 heteroatoms. The number of aliphatic hydroxyl groups is 1. The normalized spacial score (nSPS) is 16.2. The molecule has 0 spiro atoms. The Labute approximate surface area is 103 Å². The van der Waals surface area contributed by atoms with E-state index >= 15 is 0 Å². The van der Waals surface area contributed by atoms with E-state index in [0.29, 0.717) is 10.9 Å². The van der Waals surface area contributed by atoms with E-state index in [4.69, 9.17) is 5.26 Å². The van der Waals surface area contributed by atoms with Gasteiger partial charge in [0.2, 0.25) is 0 Å². The SMILES string of the molecule is CCC(C)(C#N)C(O)c1cc(Br)ccc1F. The Morgan fingerprint density at radius 2 is 2.25 bits per heavy atom. The van der Waals surface area contributed by atoms with Crippen molar-refractivity contribution in [2.24, 2.45) is 5.41 Å². The van der Waals surface area contributed by atoms with Gasteiger partial charge in [-0.05, 0) is 31.5 Å². The molecule has 0 heterocycles. The summed E-state index contributed by atoms with van der Waals surface area (Å²) in [4.78, 5) is 0. The van der Waals surface area contributed by atoms with Crippen LogP contribution in [-0.2, 0) is 0 Å². The molecule has 0 aromatic heterocycles. The van der Waals surface area contributed by atoms with E-state index in [0.717, 1.165) is 0 Å². The molecule has 2 unspecified atom stereocenters. The van der Waals surface area contributed by atoms with Gasteiger partial charge in [-0.1, -0.05) is 22.9 Å². The van der Waals surface area contributed by atoms with E-state index in [1.807, 2.05) is 6.07 Å². The molecule has 0 aliphatic heterocycles. The van der Waals surface area contributed by atoms with Gasteiger partial charge in [-0.2, -0.15) is 5.26 Å². The van der Waals surface area contributed by atoms with Crippen LogP contribution in [0, 0.1) is 22.6 Å². The van der Waals surface area contributed by atoms with Crippen LogP contribution in [0.5, 0.6) is 0 Å². The second kappa shape index (κ2) is 4.94. The van der Waals surface area contributed by atoms with Crippen LogP contribution in [0.2, 0.25) is 0 Å². The average molecular weight is 286 g/mol. The Kier molecular flexibility index (Phi) is 4.06. The van der Waals surface area contributed by atoms with Crippen LogP contribution in [0.1, 0.15) is 31.9 Å². The van der Waals surface area contributed by atoms with Gasteiger partial charge in [-0.15, -0.1) is 0 Å². The molecule has 0 saturated heterocycles. The van der Waals surface area contributed by atoms with E-state index in [-0.39, 0.29) is 5.56 Å². The third-order valence-corrected chi connectivity index (χ3v) is 3.34. The molecule has 0 radical (unpaired) electrons. The number of halogens is 2. The third kappa shape index (κ3) is 2.42. The van der Waals surface area contributed by atoms with Crippen LogP contribution in [-0.4, -0.2) is 5.11 Å². The fourth-order valence-corrected chi connectivity index (χ4v) is 1.78. The first kappa shape index (κ1) is 13.1. The zero-order chi connectivity index (χ0) is 12.3. The van der Waals surface area contributed by atoms with Gasteiger partial charge in [0, 0.05) is 10.0 Å². The molecular formula is C12H13BrFNO. The van der Waals surface area contributed by atoms with Crippen molar-refractivity contribution in [2.45, 2.75) is 26.4 Å². The molecule has 1 N–H and O–H groups in total. The molecule has 0 bridgehead atoms. The highest BCUT2D eigenvalue weighted by Crippen LogP contribution is 2.37. The van der Waals surface area contributed by atoms with Crippen LogP contribution >= 0.6 is 15.9 Å². The molecule has 16 heavy (non-hydrogen) atoms. The third-order valence-electron chi connectivity index (χ3n) is 2.85. The summed E-state index contributed by atoms with van der Waals surface area (Å²) in [5.74, 6) is -0.495. The van der Waals surface area contributed by atoms with Crippen molar-refractivity contribution < 1.29 is 9.50 Å². The molecule has 1 aromatic rings. The molecule has 1 rings (SSSR count). The topological polar surface area (TPSA) is 44.0 Å². The maximum Gasteiger partial charge on any atom is 0.129 e. The molecule has 0 aliphatic carbocycles. The summed E-state index contributed by atoms with van der Waals surface area (Å²) >= 11 is 3.21. The van der Waals surface area contributed by atoms with Gasteiger partial charge < -0.3 is 5.11 Å². The highest BCUT2D eigenvalue weighted by atomic mass is 79.9. The Balaban J connectivity index is 3.19. The minimum atomic E-state index is -1.13. The summed E-state index contributed by atoms with van der Waals surface area (Å²) in [5.41, 5.74) is -0.818. The summed E-state index contributed by atoms with van der Waals surface area (Å²) in [6.07, 6.45) is -0.670. The fourth-order valence-electron chi connectivity index (χ4n) is 1.40. The Morgan fingerprint density at radius 3 is 2.75 bits per heavy atom. The summed E-state index contributed by atoms with van der Waals surface area (Å²) in [7, 11) is 0. The molecule has 1 aromatic carbocycles. The number of nitrogens with zero attached hydrogens (tertiary/aromatic N) is 1. The molecule has 0 aliphatic rings. The molecule has 0 fully saturated rings. The maximum absolute atomic E-state index is 13.5.